The summed E-state index contributed by atoms with van der Waals surface area (Å²) < 4.78 is 0. The second-order valence-electron chi connectivity index (χ2n) is 8.93. The van der Waals surface area contributed by atoms with E-state index in [0.717, 1.165) is 23.2 Å². The van der Waals surface area contributed by atoms with Crippen molar-refractivity contribution in [3.05, 3.63) is 78.0 Å². The minimum Gasteiger partial charge on any atom is -0.383 e. The van der Waals surface area contributed by atoms with Crippen LogP contribution in [0.3, 0.4) is 0 Å². The summed E-state index contributed by atoms with van der Waals surface area (Å²) in [6, 6.07) is 19.9. The molecule has 2 aromatic carbocycles. The van der Waals surface area contributed by atoms with Crippen molar-refractivity contribution in [1.82, 2.24) is 15.6 Å². The second kappa shape index (κ2) is 7.94. The first-order valence-electron chi connectivity index (χ1n) is 10.9. The van der Waals surface area contributed by atoms with E-state index in [-0.39, 0.29) is 41.5 Å². The Morgan fingerprint density at radius 1 is 1.00 bits per heavy atom. The Kier molecular flexibility index (Phi) is 5.12. The van der Waals surface area contributed by atoms with Crippen LogP contribution in [0.15, 0.2) is 72.4 Å². The second-order valence-corrected chi connectivity index (χ2v) is 8.93. The number of benzene rings is 2. The molecule has 0 spiro atoms. The van der Waals surface area contributed by atoms with Gasteiger partial charge in [-0.25, -0.2) is 10.4 Å². The summed E-state index contributed by atoms with van der Waals surface area (Å²) in [7, 11) is 3.90. The molecule has 1 amide bonds. The van der Waals surface area contributed by atoms with E-state index in [1.807, 2.05) is 73.7 Å². The number of para-hydroxylation sites is 1. The monoisotopic (exact) mass is 416 g/mol. The molecule has 2 N–H and O–H groups in total. The molecule has 5 atom stereocenters. The van der Waals surface area contributed by atoms with Gasteiger partial charge in [-0.05, 0) is 30.0 Å². The molecule has 160 valence electrons. The Labute approximate surface area is 182 Å². The van der Waals surface area contributed by atoms with Gasteiger partial charge >= 0.3 is 0 Å². The van der Waals surface area contributed by atoms with Crippen LogP contribution < -0.4 is 15.8 Å². The third kappa shape index (κ3) is 3.46. The SMILES string of the molecule is CN(C)/C=C1\C(=O)C2CNC3NN(c4ccccc4)C(=O)C3C2CC1c1ccccc1. The number of hydrogen-bond donors (Lipinski definition) is 2. The van der Waals surface area contributed by atoms with Gasteiger partial charge in [0.05, 0.1) is 17.8 Å². The molecule has 2 aromatic rings. The molecule has 31 heavy (non-hydrogen) atoms. The highest BCUT2D eigenvalue weighted by molar-refractivity contribution is 6.02. The number of Topliss-reactive ketones (excluding diaryl/α,β-unsaturated/α-hetero) is 1. The summed E-state index contributed by atoms with van der Waals surface area (Å²) in [4.78, 5) is 29.1. The fourth-order valence-electron chi connectivity index (χ4n) is 5.43. The zero-order valence-electron chi connectivity index (χ0n) is 17.9. The topological polar surface area (TPSA) is 64.7 Å². The average molecular weight is 417 g/mol. The largest absolute Gasteiger partial charge is 0.383 e. The molecule has 0 bridgehead atoms. The predicted octanol–water partition coefficient (Wildman–Crippen LogP) is 2.52. The summed E-state index contributed by atoms with van der Waals surface area (Å²) in [6.07, 6.45) is 2.60. The highest BCUT2D eigenvalue weighted by atomic mass is 16.2. The number of allylic oxidation sites excluding steroid dienone is 1. The van der Waals surface area contributed by atoms with Gasteiger partial charge in [0.15, 0.2) is 5.78 Å². The van der Waals surface area contributed by atoms with Gasteiger partial charge in [0, 0.05) is 44.2 Å². The molecule has 6 nitrogen and oxygen atoms in total. The van der Waals surface area contributed by atoms with Crippen molar-refractivity contribution in [2.45, 2.75) is 18.5 Å². The van der Waals surface area contributed by atoms with Crippen LogP contribution in [0.5, 0.6) is 0 Å². The van der Waals surface area contributed by atoms with E-state index in [1.54, 1.807) is 5.01 Å². The molecule has 3 aliphatic rings. The van der Waals surface area contributed by atoms with E-state index in [1.165, 1.54) is 0 Å². The minimum absolute atomic E-state index is 0.00280. The van der Waals surface area contributed by atoms with E-state index in [0.29, 0.717) is 6.54 Å². The summed E-state index contributed by atoms with van der Waals surface area (Å²) in [5, 5.41) is 5.08. The van der Waals surface area contributed by atoms with Gasteiger partial charge in [0.25, 0.3) is 0 Å². The number of ketones is 1. The van der Waals surface area contributed by atoms with Gasteiger partial charge in [-0.15, -0.1) is 0 Å². The fourth-order valence-corrected chi connectivity index (χ4v) is 5.43. The first-order chi connectivity index (χ1) is 15.0. The maximum Gasteiger partial charge on any atom is 0.247 e. The lowest BCUT2D eigenvalue weighted by Crippen LogP contribution is -2.58. The molecule has 1 aliphatic carbocycles. The summed E-state index contributed by atoms with van der Waals surface area (Å²) in [6.45, 7) is 0.583. The number of hydrogen-bond acceptors (Lipinski definition) is 5. The standard InChI is InChI=1S/C25H28N4O2/c1-28(2)15-21-18(16-9-5-3-6-10-16)13-19-20(23(21)30)14-26-24-22(19)25(31)29(27-24)17-11-7-4-8-12-17/h3-12,15,18-20,22,24,26-27H,13-14H2,1-2H3/b21-15-. The van der Waals surface area contributed by atoms with Crippen LogP contribution in [-0.2, 0) is 9.59 Å². The van der Waals surface area contributed by atoms with Crippen LogP contribution in [0.1, 0.15) is 17.9 Å². The summed E-state index contributed by atoms with van der Waals surface area (Å²) >= 11 is 0. The van der Waals surface area contributed by atoms with Gasteiger partial charge in [0.2, 0.25) is 5.91 Å². The molecular formula is C25H28N4O2. The average Bonchev–Trinajstić information content (AvgIpc) is 3.13. The highest BCUT2D eigenvalue weighted by Crippen LogP contribution is 2.47. The highest BCUT2D eigenvalue weighted by Gasteiger charge is 2.55. The molecule has 2 heterocycles. The van der Waals surface area contributed by atoms with Crippen molar-refractivity contribution in [3.8, 4) is 0 Å². The Balaban J connectivity index is 1.50. The Hall–Kier alpha value is -2.96. The number of fused-ring (bicyclic) bond motifs is 3. The van der Waals surface area contributed by atoms with Crippen molar-refractivity contribution in [2.75, 3.05) is 25.6 Å². The Morgan fingerprint density at radius 3 is 2.35 bits per heavy atom. The van der Waals surface area contributed by atoms with E-state index in [9.17, 15) is 9.59 Å². The van der Waals surface area contributed by atoms with E-state index < -0.39 is 0 Å². The number of nitrogens with zero attached hydrogens (tertiary/aromatic N) is 2. The molecule has 5 rings (SSSR count). The molecule has 3 fully saturated rings. The molecule has 6 heteroatoms. The smallest absolute Gasteiger partial charge is 0.247 e. The lowest BCUT2D eigenvalue weighted by molar-refractivity contribution is -0.130. The predicted molar refractivity (Wildman–Crippen MR) is 120 cm³/mol. The lowest BCUT2D eigenvalue weighted by atomic mass is 9.62. The maximum atomic E-state index is 13.6. The number of piperidine rings is 1. The van der Waals surface area contributed by atoms with Crippen molar-refractivity contribution in [2.24, 2.45) is 17.8 Å². The van der Waals surface area contributed by atoms with E-state index in [4.69, 9.17) is 0 Å². The lowest BCUT2D eigenvalue weighted by Gasteiger charge is -2.44. The number of rotatable bonds is 3. The third-order valence-corrected chi connectivity index (χ3v) is 6.79. The van der Waals surface area contributed by atoms with Crippen molar-refractivity contribution < 1.29 is 9.59 Å². The number of carbonyl (C=O) groups is 2. The van der Waals surface area contributed by atoms with Gasteiger partial charge in [-0.1, -0.05) is 48.5 Å². The van der Waals surface area contributed by atoms with Crippen LogP contribution >= 0.6 is 0 Å². The molecule has 0 radical (unpaired) electrons. The molecular weight excluding hydrogens is 388 g/mol. The van der Waals surface area contributed by atoms with Gasteiger partial charge in [-0.2, -0.15) is 0 Å². The van der Waals surface area contributed by atoms with Crippen molar-refractivity contribution >= 4 is 17.4 Å². The zero-order chi connectivity index (χ0) is 21.5. The zero-order valence-corrected chi connectivity index (χ0v) is 17.9. The fraction of sp³-hybridized carbons (Fsp3) is 0.360. The number of amides is 1. The number of anilines is 1. The first kappa shape index (κ1) is 20.0. The normalized spacial score (nSPS) is 31.5. The van der Waals surface area contributed by atoms with E-state index >= 15 is 0 Å². The van der Waals surface area contributed by atoms with Crippen LogP contribution in [0.25, 0.3) is 0 Å². The van der Waals surface area contributed by atoms with Crippen LogP contribution in [0.4, 0.5) is 5.69 Å². The summed E-state index contributed by atoms with van der Waals surface area (Å²) in [5.41, 5.74) is 6.15. The van der Waals surface area contributed by atoms with Crippen molar-refractivity contribution in [1.29, 1.82) is 0 Å². The Bertz CT molecular complexity index is 1000. The third-order valence-electron chi connectivity index (χ3n) is 6.79. The van der Waals surface area contributed by atoms with Gasteiger partial charge < -0.3 is 4.90 Å². The Morgan fingerprint density at radius 2 is 1.68 bits per heavy atom. The van der Waals surface area contributed by atoms with Crippen molar-refractivity contribution in [3.63, 3.8) is 0 Å². The maximum absolute atomic E-state index is 13.6. The van der Waals surface area contributed by atoms with Gasteiger partial charge in [-0.3, -0.25) is 14.9 Å². The first-order valence-corrected chi connectivity index (χ1v) is 10.9. The number of nitrogens with one attached hydrogen (secondary N) is 2. The quantitative estimate of drug-likeness (QED) is 0.753. The van der Waals surface area contributed by atoms with Crippen LogP contribution in [0, 0.1) is 17.8 Å². The molecule has 5 unspecified atom stereocenters. The molecule has 2 saturated heterocycles. The molecule has 2 aliphatic heterocycles. The molecule has 0 aromatic heterocycles. The minimum atomic E-state index is -0.268. The van der Waals surface area contributed by atoms with Gasteiger partial charge in [0.1, 0.15) is 0 Å². The number of carbonyl (C=O) groups excluding carboxylic acids is 2. The summed E-state index contributed by atoms with van der Waals surface area (Å²) in [5.74, 6) is -0.260. The molecule has 1 saturated carbocycles. The van der Waals surface area contributed by atoms with E-state index in [2.05, 4.69) is 22.9 Å². The van der Waals surface area contributed by atoms with Crippen LogP contribution in [0.2, 0.25) is 0 Å². The number of hydrazine groups is 1. The van der Waals surface area contributed by atoms with Crippen LogP contribution in [-0.4, -0.2) is 43.4 Å².